The lowest BCUT2D eigenvalue weighted by Crippen LogP contribution is -2.40. The van der Waals surface area contributed by atoms with Gasteiger partial charge in [0.1, 0.15) is 10.6 Å². The molecule has 0 spiro atoms. The number of nitrogens with zero attached hydrogens (tertiary/aromatic N) is 1. The highest BCUT2D eigenvalue weighted by atomic mass is 32.2. The molecule has 0 heterocycles. The third-order valence-electron chi connectivity index (χ3n) is 4.81. The summed E-state index contributed by atoms with van der Waals surface area (Å²) in [5.41, 5.74) is 0.623. The number of hydrogen-bond donors (Lipinski definition) is 1. The SMILES string of the molecule is COc1ccc(/C=C/C(=O)N[C@@H]2CCCC[C@H]2C)cc1S(=O)(=O)N(C)C. The van der Waals surface area contributed by atoms with Crippen molar-refractivity contribution >= 4 is 22.0 Å². The summed E-state index contributed by atoms with van der Waals surface area (Å²) in [7, 11) is 0.729. The van der Waals surface area contributed by atoms with E-state index in [0.29, 0.717) is 11.5 Å². The molecule has 1 aromatic rings. The van der Waals surface area contributed by atoms with Gasteiger partial charge in [-0.2, -0.15) is 0 Å². The zero-order chi connectivity index (χ0) is 19.3. The van der Waals surface area contributed by atoms with Gasteiger partial charge in [0.2, 0.25) is 15.9 Å². The first-order valence-corrected chi connectivity index (χ1v) is 10.3. The number of methoxy groups -OCH3 is 1. The van der Waals surface area contributed by atoms with Crippen LogP contribution in [0, 0.1) is 5.92 Å². The summed E-state index contributed by atoms with van der Waals surface area (Å²) in [5.74, 6) is 0.604. The van der Waals surface area contributed by atoms with Crippen LogP contribution in [0.15, 0.2) is 29.2 Å². The van der Waals surface area contributed by atoms with Crippen LogP contribution in [0.2, 0.25) is 0 Å². The van der Waals surface area contributed by atoms with E-state index in [4.69, 9.17) is 4.74 Å². The highest BCUT2D eigenvalue weighted by Gasteiger charge is 2.23. The van der Waals surface area contributed by atoms with Gasteiger partial charge in [-0.3, -0.25) is 4.79 Å². The molecule has 1 aliphatic rings. The summed E-state index contributed by atoms with van der Waals surface area (Å²) in [5, 5.41) is 3.05. The second kappa shape index (κ2) is 8.68. The molecule has 7 heteroatoms. The average Bonchev–Trinajstić information content (AvgIpc) is 2.61. The van der Waals surface area contributed by atoms with Gasteiger partial charge in [-0.05, 0) is 42.5 Å². The van der Waals surface area contributed by atoms with E-state index in [-0.39, 0.29) is 22.6 Å². The third kappa shape index (κ3) is 4.86. The van der Waals surface area contributed by atoms with Crippen LogP contribution >= 0.6 is 0 Å². The maximum atomic E-state index is 12.4. The lowest BCUT2D eigenvalue weighted by molar-refractivity contribution is -0.117. The summed E-state index contributed by atoms with van der Waals surface area (Å²) in [6, 6.07) is 5.04. The minimum Gasteiger partial charge on any atom is -0.495 e. The number of amides is 1. The Morgan fingerprint density at radius 3 is 2.58 bits per heavy atom. The molecule has 0 aliphatic heterocycles. The normalized spacial score (nSPS) is 21.1. The molecule has 0 unspecified atom stereocenters. The van der Waals surface area contributed by atoms with Crippen molar-refractivity contribution in [3.05, 3.63) is 29.8 Å². The molecule has 144 valence electrons. The molecule has 1 aliphatic carbocycles. The summed E-state index contributed by atoms with van der Waals surface area (Å²) < 4.78 is 31.2. The number of hydrogen-bond acceptors (Lipinski definition) is 4. The zero-order valence-electron chi connectivity index (χ0n) is 15.9. The topological polar surface area (TPSA) is 75.7 Å². The van der Waals surface area contributed by atoms with Gasteiger partial charge in [0, 0.05) is 26.2 Å². The van der Waals surface area contributed by atoms with Crippen LogP contribution in [0.5, 0.6) is 5.75 Å². The number of carbonyl (C=O) groups is 1. The summed E-state index contributed by atoms with van der Waals surface area (Å²) >= 11 is 0. The monoisotopic (exact) mass is 380 g/mol. The van der Waals surface area contributed by atoms with Crippen LogP contribution < -0.4 is 10.1 Å². The van der Waals surface area contributed by atoms with E-state index in [2.05, 4.69) is 12.2 Å². The Hall–Kier alpha value is -1.86. The van der Waals surface area contributed by atoms with Gasteiger partial charge >= 0.3 is 0 Å². The number of sulfonamides is 1. The molecule has 2 rings (SSSR count). The smallest absolute Gasteiger partial charge is 0.246 e. The minimum absolute atomic E-state index is 0.0773. The Balaban J connectivity index is 2.16. The number of carbonyl (C=O) groups excluding carboxylic acids is 1. The summed E-state index contributed by atoms with van der Waals surface area (Å²) in [4.78, 5) is 12.3. The van der Waals surface area contributed by atoms with Crippen molar-refractivity contribution in [1.29, 1.82) is 0 Å². The lowest BCUT2D eigenvalue weighted by atomic mass is 9.86. The van der Waals surface area contributed by atoms with Crippen molar-refractivity contribution in [2.24, 2.45) is 5.92 Å². The molecule has 1 saturated carbocycles. The number of nitrogens with one attached hydrogen (secondary N) is 1. The molecule has 6 nitrogen and oxygen atoms in total. The number of ether oxygens (including phenoxy) is 1. The van der Waals surface area contributed by atoms with Crippen molar-refractivity contribution in [1.82, 2.24) is 9.62 Å². The Morgan fingerprint density at radius 1 is 1.27 bits per heavy atom. The molecule has 0 saturated heterocycles. The van der Waals surface area contributed by atoms with Crippen LogP contribution in [0.1, 0.15) is 38.2 Å². The van der Waals surface area contributed by atoms with Crippen molar-refractivity contribution in [2.75, 3.05) is 21.2 Å². The van der Waals surface area contributed by atoms with Crippen molar-refractivity contribution in [3.8, 4) is 5.75 Å². The second-order valence-electron chi connectivity index (χ2n) is 6.91. The van der Waals surface area contributed by atoms with Crippen molar-refractivity contribution in [2.45, 2.75) is 43.5 Å². The van der Waals surface area contributed by atoms with E-state index in [1.807, 2.05) is 0 Å². The molecule has 0 bridgehead atoms. The molecule has 1 N–H and O–H groups in total. The van der Waals surface area contributed by atoms with Gasteiger partial charge in [-0.25, -0.2) is 12.7 Å². The lowest BCUT2D eigenvalue weighted by Gasteiger charge is -2.29. The van der Waals surface area contributed by atoms with E-state index in [0.717, 1.165) is 23.6 Å². The van der Waals surface area contributed by atoms with Crippen LogP contribution in [-0.2, 0) is 14.8 Å². The highest BCUT2D eigenvalue weighted by Crippen LogP contribution is 2.27. The molecule has 1 amide bonds. The molecule has 0 radical (unpaired) electrons. The maximum absolute atomic E-state index is 12.4. The van der Waals surface area contributed by atoms with E-state index in [1.165, 1.54) is 39.8 Å². The van der Waals surface area contributed by atoms with Crippen LogP contribution in [0.25, 0.3) is 6.08 Å². The summed E-state index contributed by atoms with van der Waals surface area (Å²) in [6.45, 7) is 2.16. The Labute approximate surface area is 156 Å². The van der Waals surface area contributed by atoms with Gasteiger partial charge in [0.25, 0.3) is 0 Å². The second-order valence-corrected chi connectivity index (χ2v) is 9.03. The molecule has 26 heavy (non-hydrogen) atoms. The van der Waals surface area contributed by atoms with E-state index in [9.17, 15) is 13.2 Å². The zero-order valence-corrected chi connectivity index (χ0v) is 16.7. The van der Waals surface area contributed by atoms with Crippen LogP contribution in [0.4, 0.5) is 0 Å². The Kier molecular flexibility index (Phi) is 6.83. The first-order chi connectivity index (χ1) is 12.3. The quantitative estimate of drug-likeness (QED) is 0.770. The Morgan fingerprint density at radius 2 is 1.96 bits per heavy atom. The predicted octanol–water partition coefficient (Wildman–Crippen LogP) is 2.65. The fourth-order valence-electron chi connectivity index (χ4n) is 3.13. The first-order valence-electron chi connectivity index (χ1n) is 8.85. The molecule has 0 aromatic heterocycles. The van der Waals surface area contributed by atoms with Gasteiger partial charge in [-0.1, -0.05) is 25.8 Å². The summed E-state index contributed by atoms with van der Waals surface area (Å²) in [6.07, 6.45) is 7.58. The molecular formula is C19H28N2O4S. The van der Waals surface area contributed by atoms with Gasteiger partial charge in [0.05, 0.1) is 7.11 Å². The van der Waals surface area contributed by atoms with Gasteiger partial charge < -0.3 is 10.1 Å². The van der Waals surface area contributed by atoms with E-state index in [1.54, 1.807) is 18.2 Å². The van der Waals surface area contributed by atoms with Gasteiger partial charge in [-0.15, -0.1) is 0 Å². The van der Waals surface area contributed by atoms with E-state index >= 15 is 0 Å². The number of rotatable bonds is 6. The molecule has 1 fully saturated rings. The maximum Gasteiger partial charge on any atom is 0.246 e. The first kappa shape index (κ1) is 20.5. The van der Waals surface area contributed by atoms with E-state index < -0.39 is 10.0 Å². The molecule has 2 atom stereocenters. The minimum atomic E-state index is -3.64. The fourth-order valence-corrected chi connectivity index (χ4v) is 4.21. The van der Waals surface area contributed by atoms with Crippen LogP contribution in [-0.4, -0.2) is 45.9 Å². The number of benzene rings is 1. The van der Waals surface area contributed by atoms with Crippen molar-refractivity contribution in [3.63, 3.8) is 0 Å². The van der Waals surface area contributed by atoms with Crippen molar-refractivity contribution < 1.29 is 17.9 Å². The Bertz CT molecular complexity index is 772. The standard InChI is InChI=1S/C19H28N2O4S/c1-14-7-5-6-8-16(14)20-19(22)12-10-15-9-11-17(25-4)18(13-15)26(23,24)21(2)3/h9-14,16H,5-8H2,1-4H3,(H,20,22)/b12-10+/t14-,16-/m1/s1. The highest BCUT2D eigenvalue weighted by molar-refractivity contribution is 7.89. The average molecular weight is 381 g/mol. The molecular weight excluding hydrogens is 352 g/mol. The fraction of sp³-hybridized carbons (Fsp3) is 0.526. The predicted molar refractivity (Wildman–Crippen MR) is 102 cm³/mol. The largest absolute Gasteiger partial charge is 0.495 e. The molecule has 1 aromatic carbocycles. The third-order valence-corrected chi connectivity index (χ3v) is 6.65. The van der Waals surface area contributed by atoms with Crippen LogP contribution in [0.3, 0.4) is 0 Å². The van der Waals surface area contributed by atoms with Gasteiger partial charge in [0.15, 0.2) is 0 Å².